The van der Waals surface area contributed by atoms with Crippen LogP contribution in [0.3, 0.4) is 0 Å². The van der Waals surface area contributed by atoms with E-state index in [4.69, 9.17) is 14.2 Å². The number of carbonyl (C=O) groups excluding carboxylic acids is 3. The zero-order chi connectivity index (χ0) is 23.0. The number of fused-ring (bicyclic) bond motifs is 2. The van der Waals surface area contributed by atoms with Crippen molar-refractivity contribution in [2.24, 2.45) is 0 Å². The Kier molecular flexibility index (Phi) is 6.91. The zero-order valence-electron chi connectivity index (χ0n) is 17.8. The zero-order valence-corrected chi connectivity index (χ0v) is 21.0. The average molecular weight is 554 g/mol. The monoisotopic (exact) mass is 552 g/mol. The summed E-state index contributed by atoms with van der Waals surface area (Å²) in [6, 6.07) is 4.99. The molecule has 0 saturated heterocycles. The lowest BCUT2D eigenvalue weighted by Gasteiger charge is -2.26. The first-order valence-corrected chi connectivity index (χ1v) is 11.3. The summed E-state index contributed by atoms with van der Waals surface area (Å²) in [4.78, 5) is 38.7. The summed E-state index contributed by atoms with van der Waals surface area (Å²) in [7, 11) is 0. The summed E-state index contributed by atoms with van der Waals surface area (Å²) in [5.41, 5.74) is 1.31. The number of esters is 1. The smallest absolute Gasteiger partial charge is 0.302 e. The van der Waals surface area contributed by atoms with Crippen LogP contribution < -0.4 is 9.47 Å². The summed E-state index contributed by atoms with van der Waals surface area (Å²) in [5.74, 6) is -0.572. The quantitative estimate of drug-likeness (QED) is 0.368. The van der Waals surface area contributed by atoms with Crippen LogP contribution in [0.25, 0.3) is 0 Å². The van der Waals surface area contributed by atoms with E-state index in [0.29, 0.717) is 20.3 Å². The van der Waals surface area contributed by atoms with E-state index in [1.807, 2.05) is 27.7 Å². The molecule has 0 N–H and O–H groups in total. The van der Waals surface area contributed by atoms with Crippen molar-refractivity contribution in [2.75, 3.05) is 0 Å². The largest absolute Gasteiger partial charge is 0.490 e. The molecule has 0 amide bonds. The number of hydrogen-bond donors (Lipinski definition) is 0. The molecule has 0 aromatic heterocycles. The van der Waals surface area contributed by atoms with E-state index in [1.165, 1.54) is 6.92 Å². The molecule has 0 bridgehead atoms. The SMILES string of the molecule is CC(=O)OCc1cc(OC(C)C)c2c(c1Br)C(=O)c1c(Br)ccc(OC(C)C)c1C2=O. The van der Waals surface area contributed by atoms with E-state index < -0.39 is 5.97 Å². The van der Waals surface area contributed by atoms with E-state index in [-0.39, 0.29) is 58.4 Å². The van der Waals surface area contributed by atoms with E-state index in [9.17, 15) is 14.4 Å². The van der Waals surface area contributed by atoms with E-state index in [2.05, 4.69) is 31.9 Å². The summed E-state index contributed by atoms with van der Waals surface area (Å²) < 4.78 is 17.8. The van der Waals surface area contributed by atoms with Crippen LogP contribution in [0.15, 0.2) is 27.1 Å². The second kappa shape index (κ2) is 9.12. The highest BCUT2D eigenvalue weighted by Gasteiger charge is 2.39. The number of hydrogen-bond acceptors (Lipinski definition) is 6. The third-order valence-corrected chi connectivity index (χ3v) is 6.05. The summed E-state index contributed by atoms with van der Waals surface area (Å²) in [6.45, 7) is 8.59. The van der Waals surface area contributed by atoms with Crippen LogP contribution in [-0.4, -0.2) is 29.7 Å². The molecule has 2 aromatic rings. The first kappa shape index (κ1) is 23.5. The number of benzene rings is 2. The molecule has 0 atom stereocenters. The second-order valence-corrected chi connectivity index (χ2v) is 9.31. The number of rotatable bonds is 6. The van der Waals surface area contributed by atoms with Crippen molar-refractivity contribution in [3.63, 3.8) is 0 Å². The van der Waals surface area contributed by atoms with Crippen molar-refractivity contribution in [1.29, 1.82) is 0 Å². The fourth-order valence-corrected chi connectivity index (χ4v) is 4.48. The van der Waals surface area contributed by atoms with Crippen molar-refractivity contribution < 1.29 is 28.6 Å². The fraction of sp³-hybridized carbons (Fsp3) is 0.348. The summed E-state index contributed by atoms with van der Waals surface area (Å²) in [5, 5.41) is 0. The maximum Gasteiger partial charge on any atom is 0.302 e. The minimum atomic E-state index is -0.457. The van der Waals surface area contributed by atoms with Gasteiger partial charge in [0.15, 0.2) is 5.78 Å². The Morgan fingerprint density at radius 3 is 2.00 bits per heavy atom. The van der Waals surface area contributed by atoms with Crippen LogP contribution in [0.1, 0.15) is 72.0 Å². The van der Waals surface area contributed by atoms with Crippen molar-refractivity contribution in [3.8, 4) is 11.5 Å². The molecular formula is C23H22Br2O6. The third kappa shape index (κ3) is 4.55. The Hall–Kier alpha value is -2.19. The van der Waals surface area contributed by atoms with Crippen molar-refractivity contribution in [2.45, 2.75) is 53.4 Å². The molecule has 0 fully saturated rings. The van der Waals surface area contributed by atoms with Gasteiger partial charge in [-0.15, -0.1) is 0 Å². The average Bonchev–Trinajstić information content (AvgIpc) is 2.66. The van der Waals surface area contributed by atoms with Gasteiger partial charge in [0.05, 0.1) is 34.5 Å². The Morgan fingerprint density at radius 1 is 0.871 bits per heavy atom. The Balaban J connectivity index is 2.30. The minimum absolute atomic E-state index is 0.0658. The number of ketones is 2. The molecule has 1 aliphatic rings. The highest BCUT2D eigenvalue weighted by molar-refractivity contribution is 9.11. The maximum absolute atomic E-state index is 13.7. The second-order valence-electron chi connectivity index (χ2n) is 7.67. The van der Waals surface area contributed by atoms with Crippen LogP contribution in [0, 0.1) is 0 Å². The van der Waals surface area contributed by atoms with Gasteiger partial charge in [-0.3, -0.25) is 14.4 Å². The highest BCUT2D eigenvalue weighted by atomic mass is 79.9. The lowest BCUT2D eigenvalue weighted by atomic mass is 9.82. The van der Waals surface area contributed by atoms with E-state index >= 15 is 0 Å². The minimum Gasteiger partial charge on any atom is -0.490 e. The van der Waals surface area contributed by atoms with Gasteiger partial charge in [-0.05, 0) is 61.8 Å². The molecule has 0 saturated carbocycles. The summed E-state index contributed by atoms with van der Waals surface area (Å²) in [6.07, 6.45) is -0.427. The normalized spacial score (nSPS) is 12.7. The van der Waals surface area contributed by atoms with Gasteiger partial charge >= 0.3 is 5.97 Å². The Morgan fingerprint density at radius 2 is 1.42 bits per heavy atom. The van der Waals surface area contributed by atoms with Crippen molar-refractivity contribution >= 4 is 49.4 Å². The first-order chi connectivity index (χ1) is 14.5. The molecule has 2 aromatic carbocycles. The van der Waals surface area contributed by atoms with E-state index in [0.717, 1.165) is 0 Å². The first-order valence-electron chi connectivity index (χ1n) is 9.76. The van der Waals surface area contributed by atoms with Gasteiger partial charge in [0.25, 0.3) is 0 Å². The van der Waals surface area contributed by atoms with Crippen LogP contribution in [0.5, 0.6) is 11.5 Å². The summed E-state index contributed by atoms with van der Waals surface area (Å²) >= 11 is 6.86. The van der Waals surface area contributed by atoms with Gasteiger partial charge < -0.3 is 14.2 Å². The van der Waals surface area contributed by atoms with Crippen LogP contribution in [0.2, 0.25) is 0 Å². The molecule has 0 heterocycles. The molecule has 3 rings (SSSR count). The standard InChI is InChI=1S/C23H22Br2O6/c1-10(2)30-15-7-6-14(24)17-18(15)23(28)19-16(31-11(3)4)8-13(9-29-12(5)26)21(25)20(19)22(17)27/h6-8,10-11H,9H2,1-5H3. The van der Waals surface area contributed by atoms with Crippen LogP contribution in [-0.2, 0) is 16.1 Å². The number of carbonyl (C=O) groups is 3. The van der Waals surface area contributed by atoms with Crippen LogP contribution in [0.4, 0.5) is 0 Å². The van der Waals surface area contributed by atoms with Gasteiger partial charge in [-0.2, -0.15) is 0 Å². The number of halogens is 2. The molecule has 31 heavy (non-hydrogen) atoms. The molecule has 0 spiro atoms. The topological polar surface area (TPSA) is 78.9 Å². The van der Waals surface area contributed by atoms with Gasteiger partial charge in [0.1, 0.15) is 18.1 Å². The van der Waals surface area contributed by atoms with Crippen LogP contribution >= 0.6 is 31.9 Å². The third-order valence-electron chi connectivity index (χ3n) is 4.48. The van der Waals surface area contributed by atoms with E-state index in [1.54, 1.807) is 18.2 Å². The molecular weight excluding hydrogens is 532 g/mol. The Bertz CT molecular complexity index is 1090. The van der Waals surface area contributed by atoms with Gasteiger partial charge in [-0.1, -0.05) is 15.9 Å². The number of ether oxygens (including phenoxy) is 3. The predicted molar refractivity (Wildman–Crippen MR) is 122 cm³/mol. The van der Waals surface area contributed by atoms with Gasteiger partial charge in [0, 0.05) is 21.4 Å². The van der Waals surface area contributed by atoms with Gasteiger partial charge in [0.2, 0.25) is 5.78 Å². The highest BCUT2D eigenvalue weighted by Crippen LogP contribution is 2.44. The molecule has 0 unspecified atom stereocenters. The fourth-order valence-electron chi connectivity index (χ4n) is 3.36. The molecule has 0 radical (unpaired) electrons. The lowest BCUT2D eigenvalue weighted by molar-refractivity contribution is -0.142. The molecule has 6 nitrogen and oxygen atoms in total. The molecule has 8 heteroatoms. The predicted octanol–water partition coefficient (Wildman–Crippen LogP) is 5.62. The lowest BCUT2D eigenvalue weighted by Crippen LogP contribution is -2.26. The maximum atomic E-state index is 13.7. The molecule has 1 aliphatic carbocycles. The molecule has 164 valence electrons. The van der Waals surface area contributed by atoms with Crippen molar-refractivity contribution in [1.82, 2.24) is 0 Å². The Labute approximate surface area is 197 Å². The van der Waals surface area contributed by atoms with Gasteiger partial charge in [-0.25, -0.2) is 0 Å². The van der Waals surface area contributed by atoms with Crippen molar-refractivity contribution in [3.05, 3.63) is 55.0 Å². The molecule has 0 aliphatic heterocycles.